The van der Waals surface area contributed by atoms with Gasteiger partial charge >= 0.3 is 6.18 Å². The lowest BCUT2D eigenvalue weighted by Gasteiger charge is -2.21. The molecule has 1 aromatic rings. The summed E-state index contributed by atoms with van der Waals surface area (Å²) in [4.78, 5) is 0. The van der Waals surface area contributed by atoms with E-state index in [9.17, 15) is 13.2 Å². The Labute approximate surface area is 120 Å². The van der Waals surface area contributed by atoms with Crippen molar-refractivity contribution in [2.75, 3.05) is 7.05 Å². The van der Waals surface area contributed by atoms with Gasteiger partial charge in [0.05, 0.1) is 5.56 Å². The summed E-state index contributed by atoms with van der Waals surface area (Å²) in [6.07, 6.45) is -0.581. The van der Waals surface area contributed by atoms with Crippen LogP contribution in [0.4, 0.5) is 13.2 Å². The average Bonchev–Trinajstić information content (AvgIpc) is 2.34. The summed E-state index contributed by atoms with van der Waals surface area (Å²) < 4.78 is 39.6. The molecule has 1 nitrogen and oxygen atoms in total. The molecule has 1 N–H and O–H groups in total. The predicted octanol–water partition coefficient (Wildman–Crippen LogP) is 5.31. The maximum absolute atomic E-state index is 13.1. The number of halogens is 4. The summed E-state index contributed by atoms with van der Waals surface area (Å²) in [7, 11) is 1.71. The van der Waals surface area contributed by atoms with E-state index in [0.717, 1.165) is 31.7 Å². The Balaban J connectivity index is 3.02. The minimum atomic E-state index is -4.32. The lowest BCUT2D eigenvalue weighted by Crippen LogP contribution is -2.21. The number of benzene rings is 1. The van der Waals surface area contributed by atoms with Crippen LogP contribution in [0, 0.1) is 0 Å². The van der Waals surface area contributed by atoms with Gasteiger partial charge in [0.15, 0.2) is 0 Å². The van der Waals surface area contributed by atoms with Gasteiger partial charge in [-0.15, -0.1) is 0 Å². The van der Waals surface area contributed by atoms with Gasteiger partial charge in [-0.05, 0) is 31.2 Å². The zero-order chi connectivity index (χ0) is 14.5. The number of rotatable bonds is 6. The summed E-state index contributed by atoms with van der Waals surface area (Å²) in [6, 6.07) is 4.12. The molecule has 19 heavy (non-hydrogen) atoms. The molecule has 0 saturated carbocycles. The first kappa shape index (κ1) is 16.5. The summed E-state index contributed by atoms with van der Waals surface area (Å²) in [5.41, 5.74) is -0.230. The lowest BCUT2D eigenvalue weighted by molar-refractivity contribution is -0.138. The summed E-state index contributed by atoms with van der Waals surface area (Å²) in [5, 5.41) is 2.99. The second-order valence-corrected chi connectivity index (χ2v) is 5.48. The maximum atomic E-state index is 13.1. The van der Waals surface area contributed by atoms with E-state index in [2.05, 4.69) is 28.2 Å². The van der Waals surface area contributed by atoms with Crippen molar-refractivity contribution in [3.63, 3.8) is 0 Å². The molecule has 1 unspecified atom stereocenters. The number of unbranched alkanes of at least 4 members (excludes halogenated alkanes) is 2. The molecule has 1 rings (SSSR count). The van der Waals surface area contributed by atoms with Gasteiger partial charge in [0.2, 0.25) is 0 Å². The second kappa shape index (κ2) is 7.29. The van der Waals surface area contributed by atoms with E-state index in [1.54, 1.807) is 19.2 Å². The van der Waals surface area contributed by atoms with E-state index < -0.39 is 11.7 Å². The molecule has 0 aliphatic carbocycles. The fourth-order valence-corrected chi connectivity index (χ4v) is 2.49. The molecule has 0 fully saturated rings. The smallest absolute Gasteiger partial charge is 0.313 e. The largest absolute Gasteiger partial charge is 0.416 e. The van der Waals surface area contributed by atoms with Crippen LogP contribution in [0.25, 0.3) is 0 Å². The van der Waals surface area contributed by atoms with Crippen LogP contribution >= 0.6 is 15.9 Å². The predicted molar refractivity (Wildman–Crippen MR) is 75.1 cm³/mol. The van der Waals surface area contributed by atoms with Crippen molar-refractivity contribution in [1.82, 2.24) is 5.32 Å². The Morgan fingerprint density at radius 1 is 1.26 bits per heavy atom. The highest BCUT2D eigenvalue weighted by Crippen LogP contribution is 2.37. The van der Waals surface area contributed by atoms with Gasteiger partial charge < -0.3 is 5.32 Å². The Morgan fingerprint density at radius 3 is 2.47 bits per heavy atom. The summed E-state index contributed by atoms with van der Waals surface area (Å²) in [6.45, 7) is 2.08. The Hall–Kier alpha value is -0.550. The van der Waals surface area contributed by atoms with Crippen molar-refractivity contribution >= 4 is 15.9 Å². The van der Waals surface area contributed by atoms with Gasteiger partial charge in [-0.1, -0.05) is 48.2 Å². The SMILES string of the molecule is CCCCCC(NC)c1ccc(Br)cc1C(F)(F)F. The molecule has 0 spiro atoms. The molecule has 1 atom stereocenters. The van der Waals surface area contributed by atoms with Crippen LogP contribution in [-0.2, 0) is 6.18 Å². The van der Waals surface area contributed by atoms with Crippen molar-refractivity contribution in [3.8, 4) is 0 Å². The standard InChI is InChI=1S/C14H19BrF3N/c1-3-4-5-6-13(19-2)11-8-7-10(15)9-12(11)14(16,17)18/h7-9,13,19H,3-6H2,1-2H3. The highest BCUT2D eigenvalue weighted by atomic mass is 79.9. The quantitative estimate of drug-likeness (QED) is 0.693. The summed E-state index contributed by atoms with van der Waals surface area (Å²) >= 11 is 3.10. The molecule has 1 aromatic carbocycles. The van der Waals surface area contributed by atoms with Crippen molar-refractivity contribution in [2.45, 2.75) is 44.8 Å². The number of alkyl halides is 3. The lowest BCUT2D eigenvalue weighted by atomic mass is 9.95. The number of hydrogen-bond acceptors (Lipinski definition) is 1. The molecule has 5 heteroatoms. The van der Waals surface area contributed by atoms with Gasteiger partial charge in [-0.3, -0.25) is 0 Å². The topological polar surface area (TPSA) is 12.0 Å². The fourth-order valence-electron chi connectivity index (χ4n) is 2.13. The van der Waals surface area contributed by atoms with Gasteiger partial charge in [-0.2, -0.15) is 13.2 Å². The average molecular weight is 338 g/mol. The Bertz CT molecular complexity index is 404. The zero-order valence-electron chi connectivity index (χ0n) is 11.1. The highest BCUT2D eigenvalue weighted by Gasteiger charge is 2.35. The molecule has 0 bridgehead atoms. The van der Waals surface area contributed by atoms with E-state index >= 15 is 0 Å². The molecule has 0 radical (unpaired) electrons. The zero-order valence-corrected chi connectivity index (χ0v) is 12.7. The van der Waals surface area contributed by atoms with Crippen LogP contribution in [0.5, 0.6) is 0 Å². The van der Waals surface area contributed by atoms with Gasteiger partial charge in [-0.25, -0.2) is 0 Å². The van der Waals surface area contributed by atoms with Crippen LogP contribution < -0.4 is 5.32 Å². The first-order valence-corrected chi connectivity index (χ1v) is 7.23. The van der Waals surface area contributed by atoms with Gasteiger partial charge in [0.1, 0.15) is 0 Å². The first-order valence-electron chi connectivity index (χ1n) is 6.44. The second-order valence-electron chi connectivity index (χ2n) is 4.57. The third kappa shape index (κ3) is 4.80. The van der Waals surface area contributed by atoms with Gasteiger partial charge in [0, 0.05) is 10.5 Å². The third-order valence-electron chi connectivity index (χ3n) is 3.14. The fraction of sp³-hybridized carbons (Fsp3) is 0.571. The van der Waals surface area contributed by atoms with Crippen molar-refractivity contribution in [3.05, 3.63) is 33.8 Å². The molecule has 0 aliphatic heterocycles. The molecule has 0 saturated heterocycles. The van der Waals surface area contributed by atoms with Crippen LogP contribution in [0.3, 0.4) is 0 Å². The Morgan fingerprint density at radius 2 is 1.95 bits per heavy atom. The van der Waals surface area contributed by atoms with Crippen molar-refractivity contribution in [2.24, 2.45) is 0 Å². The van der Waals surface area contributed by atoms with Crippen LogP contribution in [0.15, 0.2) is 22.7 Å². The molecular weight excluding hydrogens is 319 g/mol. The number of hydrogen-bond donors (Lipinski definition) is 1. The highest BCUT2D eigenvalue weighted by molar-refractivity contribution is 9.10. The molecule has 0 aromatic heterocycles. The number of nitrogens with one attached hydrogen (secondary N) is 1. The van der Waals surface area contributed by atoms with E-state index in [0.29, 0.717) is 10.0 Å². The molecule has 0 amide bonds. The van der Waals surface area contributed by atoms with E-state index in [4.69, 9.17) is 0 Å². The molecular formula is C14H19BrF3N. The molecule has 108 valence electrons. The van der Waals surface area contributed by atoms with E-state index in [1.807, 2.05) is 0 Å². The molecule has 0 heterocycles. The van der Waals surface area contributed by atoms with Gasteiger partial charge in [0.25, 0.3) is 0 Å². The Kier molecular flexibility index (Phi) is 6.33. The van der Waals surface area contributed by atoms with E-state index in [1.165, 1.54) is 0 Å². The monoisotopic (exact) mass is 337 g/mol. The third-order valence-corrected chi connectivity index (χ3v) is 3.63. The van der Waals surface area contributed by atoms with E-state index in [-0.39, 0.29) is 6.04 Å². The normalized spacial score (nSPS) is 13.6. The maximum Gasteiger partial charge on any atom is 0.416 e. The minimum Gasteiger partial charge on any atom is -0.313 e. The summed E-state index contributed by atoms with van der Waals surface area (Å²) in [5.74, 6) is 0. The molecule has 0 aliphatic rings. The first-order chi connectivity index (χ1) is 8.90. The van der Waals surface area contributed by atoms with Crippen LogP contribution in [-0.4, -0.2) is 7.05 Å². The van der Waals surface area contributed by atoms with Crippen LogP contribution in [0.1, 0.15) is 49.8 Å². The van der Waals surface area contributed by atoms with Crippen molar-refractivity contribution in [1.29, 1.82) is 0 Å². The van der Waals surface area contributed by atoms with Crippen LogP contribution in [0.2, 0.25) is 0 Å². The minimum absolute atomic E-state index is 0.253. The van der Waals surface area contributed by atoms with Crippen molar-refractivity contribution < 1.29 is 13.2 Å².